The Morgan fingerprint density at radius 2 is 1.92 bits per heavy atom. The van der Waals surface area contributed by atoms with E-state index in [9.17, 15) is 0 Å². The van der Waals surface area contributed by atoms with E-state index in [1.807, 2.05) is 0 Å². The molecular formula is C11H20N2. The lowest BCUT2D eigenvalue weighted by Gasteiger charge is -2.10. The monoisotopic (exact) mass is 180 g/mol. The van der Waals surface area contributed by atoms with E-state index in [4.69, 9.17) is 0 Å². The van der Waals surface area contributed by atoms with Crippen LogP contribution in [0.25, 0.3) is 0 Å². The summed E-state index contributed by atoms with van der Waals surface area (Å²) >= 11 is 0. The maximum atomic E-state index is 3.42. The van der Waals surface area contributed by atoms with Crippen LogP contribution in [0, 0.1) is 0 Å². The number of rotatable bonds is 4. The van der Waals surface area contributed by atoms with Gasteiger partial charge in [0.15, 0.2) is 0 Å². The van der Waals surface area contributed by atoms with Crippen LogP contribution < -0.4 is 5.32 Å². The summed E-state index contributed by atoms with van der Waals surface area (Å²) in [6, 6.07) is 4.96. The van der Waals surface area contributed by atoms with Crippen molar-refractivity contribution in [3.05, 3.63) is 23.5 Å². The van der Waals surface area contributed by atoms with Crippen LogP contribution in [0.3, 0.4) is 0 Å². The standard InChI is InChI=1S/C11H20N2/c1-5-10-6-7-11(13(10)4)8-12-9(2)3/h6-7,9,12H,5,8H2,1-4H3. The lowest BCUT2D eigenvalue weighted by atomic mass is 10.3. The van der Waals surface area contributed by atoms with E-state index in [0.29, 0.717) is 6.04 Å². The van der Waals surface area contributed by atoms with Gasteiger partial charge in [0.2, 0.25) is 0 Å². The molecule has 0 spiro atoms. The number of nitrogens with one attached hydrogen (secondary N) is 1. The van der Waals surface area contributed by atoms with E-state index in [1.165, 1.54) is 11.4 Å². The van der Waals surface area contributed by atoms with Gasteiger partial charge in [-0.25, -0.2) is 0 Å². The van der Waals surface area contributed by atoms with Crippen LogP contribution in [0.1, 0.15) is 32.2 Å². The average Bonchev–Trinajstić information content (AvgIpc) is 2.43. The highest BCUT2D eigenvalue weighted by Crippen LogP contribution is 2.07. The van der Waals surface area contributed by atoms with Gasteiger partial charge in [0.1, 0.15) is 0 Å². The fourth-order valence-corrected chi connectivity index (χ4v) is 1.44. The van der Waals surface area contributed by atoms with Crippen LogP contribution in [0.15, 0.2) is 12.1 Å². The second kappa shape index (κ2) is 4.47. The topological polar surface area (TPSA) is 17.0 Å². The largest absolute Gasteiger partial charge is 0.350 e. The van der Waals surface area contributed by atoms with Crippen molar-refractivity contribution in [1.82, 2.24) is 9.88 Å². The molecule has 0 unspecified atom stereocenters. The molecule has 2 nitrogen and oxygen atoms in total. The quantitative estimate of drug-likeness (QED) is 0.750. The van der Waals surface area contributed by atoms with Gasteiger partial charge in [0.05, 0.1) is 0 Å². The predicted octanol–water partition coefficient (Wildman–Crippen LogP) is 2.09. The Morgan fingerprint density at radius 3 is 2.38 bits per heavy atom. The van der Waals surface area contributed by atoms with E-state index in [2.05, 4.69) is 49.8 Å². The number of hydrogen-bond donors (Lipinski definition) is 1. The highest BCUT2D eigenvalue weighted by Gasteiger charge is 2.02. The Kier molecular flexibility index (Phi) is 3.55. The van der Waals surface area contributed by atoms with Gasteiger partial charge in [-0.05, 0) is 18.6 Å². The summed E-state index contributed by atoms with van der Waals surface area (Å²) in [7, 11) is 2.14. The Balaban J connectivity index is 2.62. The summed E-state index contributed by atoms with van der Waals surface area (Å²) in [5, 5.41) is 3.42. The first kappa shape index (κ1) is 10.3. The minimum absolute atomic E-state index is 0.556. The lowest BCUT2D eigenvalue weighted by molar-refractivity contribution is 0.568. The number of aryl methyl sites for hydroxylation is 1. The molecule has 0 aliphatic carbocycles. The zero-order chi connectivity index (χ0) is 9.84. The highest BCUT2D eigenvalue weighted by molar-refractivity contribution is 5.15. The fourth-order valence-electron chi connectivity index (χ4n) is 1.44. The number of aromatic nitrogens is 1. The first-order valence-electron chi connectivity index (χ1n) is 5.02. The first-order valence-corrected chi connectivity index (χ1v) is 5.02. The normalized spacial score (nSPS) is 11.2. The fraction of sp³-hybridized carbons (Fsp3) is 0.636. The maximum absolute atomic E-state index is 3.42. The van der Waals surface area contributed by atoms with Crippen molar-refractivity contribution in [3.63, 3.8) is 0 Å². The van der Waals surface area contributed by atoms with Gasteiger partial charge in [-0.1, -0.05) is 20.8 Å². The second-order valence-electron chi connectivity index (χ2n) is 3.76. The summed E-state index contributed by atoms with van der Waals surface area (Å²) in [6.45, 7) is 7.50. The molecule has 2 heteroatoms. The van der Waals surface area contributed by atoms with Crippen molar-refractivity contribution in [2.45, 2.75) is 39.8 Å². The van der Waals surface area contributed by atoms with Gasteiger partial charge < -0.3 is 9.88 Å². The molecule has 0 amide bonds. The molecule has 1 heterocycles. The minimum atomic E-state index is 0.556. The maximum Gasteiger partial charge on any atom is 0.0361 e. The molecule has 0 bridgehead atoms. The smallest absolute Gasteiger partial charge is 0.0361 e. The first-order chi connectivity index (χ1) is 6.15. The van der Waals surface area contributed by atoms with E-state index >= 15 is 0 Å². The number of hydrogen-bond acceptors (Lipinski definition) is 1. The SMILES string of the molecule is CCc1ccc(CNC(C)C)n1C. The van der Waals surface area contributed by atoms with Gasteiger partial charge in [0, 0.05) is 31.0 Å². The molecule has 0 aliphatic rings. The van der Waals surface area contributed by atoms with Crippen molar-refractivity contribution in [3.8, 4) is 0 Å². The molecule has 0 atom stereocenters. The molecule has 13 heavy (non-hydrogen) atoms. The predicted molar refractivity (Wildman–Crippen MR) is 56.8 cm³/mol. The van der Waals surface area contributed by atoms with E-state index in [0.717, 1.165) is 13.0 Å². The van der Waals surface area contributed by atoms with Crippen molar-refractivity contribution in [2.24, 2.45) is 7.05 Å². The van der Waals surface area contributed by atoms with E-state index < -0.39 is 0 Å². The molecule has 0 radical (unpaired) electrons. The van der Waals surface area contributed by atoms with Gasteiger partial charge in [-0.15, -0.1) is 0 Å². The average molecular weight is 180 g/mol. The molecule has 1 aromatic heterocycles. The van der Waals surface area contributed by atoms with Crippen molar-refractivity contribution >= 4 is 0 Å². The number of nitrogens with zero attached hydrogens (tertiary/aromatic N) is 1. The third-order valence-electron chi connectivity index (χ3n) is 2.38. The summed E-state index contributed by atoms with van der Waals surface area (Å²) < 4.78 is 2.27. The zero-order valence-corrected chi connectivity index (χ0v) is 9.09. The summed E-state index contributed by atoms with van der Waals surface area (Å²) in [6.07, 6.45) is 1.11. The molecular weight excluding hydrogens is 160 g/mol. The van der Waals surface area contributed by atoms with Crippen LogP contribution in [-0.4, -0.2) is 10.6 Å². The third-order valence-corrected chi connectivity index (χ3v) is 2.38. The van der Waals surface area contributed by atoms with Crippen LogP contribution in [-0.2, 0) is 20.0 Å². The zero-order valence-electron chi connectivity index (χ0n) is 9.09. The minimum Gasteiger partial charge on any atom is -0.350 e. The Bertz CT molecular complexity index is 261. The van der Waals surface area contributed by atoms with Crippen LogP contribution in [0.5, 0.6) is 0 Å². The van der Waals surface area contributed by atoms with Crippen molar-refractivity contribution < 1.29 is 0 Å². The Morgan fingerprint density at radius 1 is 1.31 bits per heavy atom. The van der Waals surface area contributed by atoms with Crippen molar-refractivity contribution in [2.75, 3.05) is 0 Å². The van der Waals surface area contributed by atoms with Gasteiger partial charge in [0.25, 0.3) is 0 Å². The van der Waals surface area contributed by atoms with Crippen LogP contribution in [0.4, 0.5) is 0 Å². The van der Waals surface area contributed by atoms with Gasteiger partial charge in [-0.3, -0.25) is 0 Å². The lowest BCUT2D eigenvalue weighted by Crippen LogP contribution is -2.23. The van der Waals surface area contributed by atoms with Crippen LogP contribution in [0.2, 0.25) is 0 Å². The molecule has 1 rings (SSSR count). The molecule has 1 aromatic rings. The van der Waals surface area contributed by atoms with Crippen LogP contribution >= 0.6 is 0 Å². The molecule has 74 valence electrons. The van der Waals surface area contributed by atoms with E-state index in [-0.39, 0.29) is 0 Å². The second-order valence-corrected chi connectivity index (χ2v) is 3.76. The molecule has 1 N–H and O–H groups in total. The summed E-state index contributed by atoms with van der Waals surface area (Å²) in [5.74, 6) is 0. The molecule has 0 fully saturated rings. The molecule has 0 saturated carbocycles. The molecule has 0 aliphatic heterocycles. The third kappa shape index (κ3) is 2.59. The Labute approximate surface area is 81.0 Å². The van der Waals surface area contributed by atoms with E-state index in [1.54, 1.807) is 0 Å². The van der Waals surface area contributed by atoms with Crippen molar-refractivity contribution in [1.29, 1.82) is 0 Å². The van der Waals surface area contributed by atoms with Gasteiger partial charge >= 0.3 is 0 Å². The molecule has 0 aromatic carbocycles. The van der Waals surface area contributed by atoms with Gasteiger partial charge in [-0.2, -0.15) is 0 Å². The summed E-state index contributed by atoms with van der Waals surface area (Å²) in [5.41, 5.74) is 2.77. The molecule has 0 saturated heterocycles. The Hall–Kier alpha value is -0.760. The summed E-state index contributed by atoms with van der Waals surface area (Å²) in [4.78, 5) is 0. The highest BCUT2D eigenvalue weighted by atomic mass is 15.0.